The minimum atomic E-state index is 0.0810. The van der Waals surface area contributed by atoms with Gasteiger partial charge in [0, 0.05) is 28.6 Å². The number of pyridine rings is 1. The van der Waals surface area contributed by atoms with E-state index in [1.807, 2.05) is 46.7 Å². The molecule has 1 atom stereocenters. The van der Waals surface area contributed by atoms with Gasteiger partial charge in [-0.15, -0.1) is 11.3 Å². The van der Waals surface area contributed by atoms with Crippen molar-refractivity contribution in [3.63, 3.8) is 0 Å². The zero-order valence-electron chi connectivity index (χ0n) is 14.2. The topological polar surface area (TPSA) is 33.2 Å². The average molecular weight is 348 g/mol. The van der Waals surface area contributed by atoms with Crippen LogP contribution >= 0.6 is 11.3 Å². The van der Waals surface area contributed by atoms with E-state index < -0.39 is 0 Å². The number of aryl methyl sites for hydroxylation is 1. The molecule has 3 aromatic rings. The molecule has 0 spiro atoms. The lowest BCUT2D eigenvalue weighted by Gasteiger charge is -2.24. The molecule has 0 aliphatic carbocycles. The quantitative estimate of drug-likeness (QED) is 0.660. The molecule has 1 aliphatic rings. The fourth-order valence-electron chi connectivity index (χ4n) is 3.62. The summed E-state index contributed by atoms with van der Waals surface area (Å²) < 4.78 is 0. The molecule has 1 aliphatic heterocycles. The van der Waals surface area contributed by atoms with Gasteiger partial charge in [-0.1, -0.05) is 36.4 Å². The fraction of sp³-hybridized carbons (Fsp3) is 0.238. The van der Waals surface area contributed by atoms with Gasteiger partial charge in [0.2, 0.25) is 0 Å². The monoisotopic (exact) mass is 348 g/mol. The van der Waals surface area contributed by atoms with E-state index in [2.05, 4.69) is 24.0 Å². The number of thiophene rings is 1. The highest BCUT2D eigenvalue weighted by molar-refractivity contribution is 7.10. The van der Waals surface area contributed by atoms with Crippen LogP contribution < -0.4 is 0 Å². The second-order valence-corrected chi connectivity index (χ2v) is 7.44. The molecule has 0 radical (unpaired) electrons. The Morgan fingerprint density at radius 2 is 1.96 bits per heavy atom. The van der Waals surface area contributed by atoms with E-state index in [0.29, 0.717) is 0 Å². The van der Waals surface area contributed by atoms with Crippen molar-refractivity contribution in [2.24, 2.45) is 0 Å². The average Bonchev–Trinajstić information content (AvgIpc) is 3.29. The Morgan fingerprint density at radius 3 is 2.72 bits per heavy atom. The predicted octanol–water partition coefficient (Wildman–Crippen LogP) is 5.10. The summed E-state index contributed by atoms with van der Waals surface area (Å²) >= 11 is 1.65. The van der Waals surface area contributed by atoms with Crippen molar-refractivity contribution >= 4 is 17.2 Å². The first-order valence-electron chi connectivity index (χ1n) is 8.61. The predicted molar refractivity (Wildman–Crippen MR) is 102 cm³/mol. The van der Waals surface area contributed by atoms with E-state index in [9.17, 15) is 4.79 Å². The van der Waals surface area contributed by atoms with Crippen molar-refractivity contribution in [1.29, 1.82) is 0 Å². The Bertz CT molecular complexity index is 873. The summed E-state index contributed by atoms with van der Waals surface area (Å²) in [5.74, 6) is 0.122. The van der Waals surface area contributed by atoms with Gasteiger partial charge in [0.25, 0.3) is 5.91 Å². The molecule has 1 aromatic carbocycles. The van der Waals surface area contributed by atoms with E-state index >= 15 is 0 Å². The highest BCUT2D eigenvalue weighted by atomic mass is 32.1. The smallest absolute Gasteiger partial charge is 0.255 e. The zero-order chi connectivity index (χ0) is 17.2. The molecule has 1 fully saturated rings. The van der Waals surface area contributed by atoms with Gasteiger partial charge in [-0.25, -0.2) is 0 Å². The van der Waals surface area contributed by atoms with Crippen LogP contribution in [0.25, 0.3) is 11.1 Å². The maximum absolute atomic E-state index is 13.3. The minimum Gasteiger partial charge on any atom is -0.330 e. The highest BCUT2D eigenvalue weighted by Gasteiger charge is 2.33. The number of likely N-dealkylation sites (tertiary alicyclic amines) is 1. The number of benzene rings is 1. The molecular formula is C21H20N2OS. The molecular weight excluding hydrogens is 328 g/mol. The maximum atomic E-state index is 13.3. The van der Waals surface area contributed by atoms with Gasteiger partial charge in [-0.2, -0.15) is 0 Å². The lowest BCUT2D eigenvalue weighted by molar-refractivity contribution is 0.0734. The molecule has 0 bridgehead atoms. The summed E-state index contributed by atoms with van der Waals surface area (Å²) in [5.41, 5.74) is 3.98. The number of rotatable bonds is 3. The van der Waals surface area contributed by atoms with Crippen LogP contribution in [0.1, 0.15) is 39.8 Å². The molecule has 1 saturated heterocycles. The van der Waals surface area contributed by atoms with Crippen LogP contribution in [0.2, 0.25) is 0 Å². The first-order valence-corrected chi connectivity index (χ1v) is 9.49. The molecule has 0 saturated carbocycles. The second-order valence-electron chi connectivity index (χ2n) is 6.36. The summed E-state index contributed by atoms with van der Waals surface area (Å²) in [5, 5.41) is 2.01. The molecule has 3 nitrogen and oxygen atoms in total. The van der Waals surface area contributed by atoms with Gasteiger partial charge in [-0.05, 0) is 37.5 Å². The molecule has 2 aromatic heterocycles. The van der Waals surface area contributed by atoms with Gasteiger partial charge in [0.05, 0.1) is 17.3 Å². The number of carbonyl (C=O) groups is 1. The van der Waals surface area contributed by atoms with Gasteiger partial charge >= 0.3 is 0 Å². The molecule has 0 N–H and O–H groups in total. The number of hydrogen-bond donors (Lipinski definition) is 0. The first-order chi connectivity index (χ1) is 12.3. The number of nitrogens with zero attached hydrogens (tertiary/aromatic N) is 2. The van der Waals surface area contributed by atoms with E-state index in [1.54, 1.807) is 17.5 Å². The summed E-state index contributed by atoms with van der Waals surface area (Å²) in [6.07, 6.45) is 3.81. The van der Waals surface area contributed by atoms with E-state index in [0.717, 1.165) is 41.8 Å². The molecule has 4 heteroatoms. The van der Waals surface area contributed by atoms with Crippen LogP contribution in [0.5, 0.6) is 0 Å². The van der Waals surface area contributed by atoms with Crippen LogP contribution in [0.3, 0.4) is 0 Å². The van der Waals surface area contributed by atoms with Gasteiger partial charge in [-0.3, -0.25) is 9.78 Å². The number of carbonyl (C=O) groups excluding carboxylic acids is 1. The van der Waals surface area contributed by atoms with E-state index in [-0.39, 0.29) is 11.9 Å². The maximum Gasteiger partial charge on any atom is 0.255 e. The summed E-state index contributed by atoms with van der Waals surface area (Å²) in [6.45, 7) is 2.88. The SMILES string of the molecule is Cc1scc(C(=O)N2CCC[C@@H]2c2ccccn2)c1-c1ccccc1. The van der Waals surface area contributed by atoms with E-state index in [4.69, 9.17) is 0 Å². The largest absolute Gasteiger partial charge is 0.330 e. The molecule has 4 rings (SSSR count). The third kappa shape index (κ3) is 2.98. The second kappa shape index (κ2) is 6.81. The van der Waals surface area contributed by atoms with Gasteiger partial charge < -0.3 is 4.90 Å². The Kier molecular flexibility index (Phi) is 4.36. The van der Waals surface area contributed by atoms with Gasteiger partial charge in [0.1, 0.15) is 0 Å². The zero-order valence-corrected chi connectivity index (χ0v) is 15.0. The van der Waals surface area contributed by atoms with E-state index in [1.165, 1.54) is 4.88 Å². The third-order valence-corrected chi connectivity index (χ3v) is 5.72. The number of amides is 1. The van der Waals surface area contributed by atoms with Crippen molar-refractivity contribution in [2.75, 3.05) is 6.54 Å². The van der Waals surface area contributed by atoms with Crippen LogP contribution in [-0.2, 0) is 0 Å². The first kappa shape index (κ1) is 16.0. The number of aromatic nitrogens is 1. The Balaban J connectivity index is 1.70. The molecule has 3 heterocycles. The summed E-state index contributed by atoms with van der Waals surface area (Å²) in [7, 11) is 0. The van der Waals surface area contributed by atoms with Crippen LogP contribution in [0.4, 0.5) is 0 Å². The molecule has 126 valence electrons. The van der Waals surface area contributed by atoms with Crippen LogP contribution in [-0.4, -0.2) is 22.3 Å². The van der Waals surface area contributed by atoms with Crippen LogP contribution in [0, 0.1) is 6.92 Å². The van der Waals surface area contributed by atoms with Crippen molar-refractivity contribution < 1.29 is 4.79 Å². The Labute approximate surface area is 152 Å². The minimum absolute atomic E-state index is 0.0810. The fourth-order valence-corrected chi connectivity index (χ4v) is 4.48. The lowest BCUT2D eigenvalue weighted by atomic mass is 10.0. The van der Waals surface area contributed by atoms with Crippen molar-refractivity contribution in [2.45, 2.75) is 25.8 Å². The van der Waals surface area contributed by atoms with Gasteiger partial charge in [0.15, 0.2) is 0 Å². The Morgan fingerprint density at radius 1 is 1.16 bits per heavy atom. The lowest BCUT2D eigenvalue weighted by Crippen LogP contribution is -2.31. The van der Waals surface area contributed by atoms with Crippen molar-refractivity contribution in [1.82, 2.24) is 9.88 Å². The summed E-state index contributed by atoms with van der Waals surface area (Å²) in [6, 6.07) is 16.2. The molecule has 1 amide bonds. The van der Waals surface area contributed by atoms with Crippen molar-refractivity contribution in [3.05, 3.63) is 76.2 Å². The molecule has 25 heavy (non-hydrogen) atoms. The highest BCUT2D eigenvalue weighted by Crippen LogP contribution is 2.37. The van der Waals surface area contributed by atoms with Crippen molar-refractivity contribution in [3.8, 4) is 11.1 Å². The van der Waals surface area contributed by atoms with Crippen LogP contribution in [0.15, 0.2) is 60.1 Å². The Hall–Kier alpha value is -2.46. The number of hydrogen-bond acceptors (Lipinski definition) is 3. The normalized spacial score (nSPS) is 17.0. The third-order valence-electron chi connectivity index (χ3n) is 4.81. The molecule has 0 unspecified atom stereocenters. The standard InChI is InChI=1S/C21H20N2OS/c1-15-20(16-8-3-2-4-9-16)17(14-25-15)21(24)23-13-7-11-19(23)18-10-5-6-12-22-18/h2-6,8-10,12,14,19H,7,11,13H2,1H3/t19-/m1/s1. The summed E-state index contributed by atoms with van der Waals surface area (Å²) in [4.78, 5) is 21.0.